The Morgan fingerprint density at radius 2 is 2.00 bits per heavy atom. The maximum Gasteiger partial charge on any atom is 0.160 e. The van der Waals surface area contributed by atoms with Crippen LogP contribution in [0.4, 0.5) is 0 Å². The van der Waals surface area contributed by atoms with Crippen molar-refractivity contribution in [1.82, 2.24) is 4.98 Å². The first-order valence-corrected chi connectivity index (χ1v) is 6.88. The maximum atomic E-state index is 10.1. The van der Waals surface area contributed by atoms with Gasteiger partial charge in [-0.15, -0.1) is 11.3 Å². The summed E-state index contributed by atoms with van der Waals surface area (Å²) >= 11 is 1.56. The van der Waals surface area contributed by atoms with Gasteiger partial charge in [0.1, 0.15) is 0 Å². The first kappa shape index (κ1) is 13.8. The number of hydrogen-bond donors (Lipinski definition) is 1. The molecule has 0 aliphatic heterocycles. The Morgan fingerprint density at radius 3 is 2.63 bits per heavy atom. The standard InChI is InChI=1S/C14H17NO3S/c1-17-12-4-3-10(8-13(12)18-2)7-11(16)9-14-15-5-6-19-14/h3-6,8,11,16H,7,9H2,1-2H3. The van der Waals surface area contributed by atoms with Crippen molar-refractivity contribution in [3.63, 3.8) is 0 Å². The molecule has 1 aromatic heterocycles. The van der Waals surface area contributed by atoms with Crippen LogP contribution in [0.15, 0.2) is 29.8 Å². The minimum Gasteiger partial charge on any atom is -0.493 e. The molecule has 0 saturated carbocycles. The summed E-state index contributed by atoms with van der Waals surface area (Å²) in [5.41, 5.74) is 1.02. The van der Waals surface area contributed by atoms with Crippen LogP contribution in [0.25, 0.3) is 0 Å². The fourth-order valence-corrected chi connectivity index (χ4v) is 2.60. The molecule has 0 bridgehead atoms. The summed E-state index contributed by atoms with van der Waals surface area (Å²) in [5.74, 6) is 1.38. The molecule has 2 rings (SSSR count). The molecule has 0 fully saturated rings. The van der Waals surface area contributed by atoms with E-state index in [2.05, 4.69) is 4.98 Å². The van der Waals surface area contributed by atoms with Crippen molar-refractivity contribution in [2.45, 2.75) is 18.9 Å². The molecule has 0 radical (unpaired) electrons. The van der Waals surface area contributed by atoms with Gasteiger partial charge in [0, 0.05) is 18.0 Å². The zero-order valence-corrected chi connectivity index (χ0v) is 11.8. The molecular weight excluding hydrogens is 262 g/mol. The number of aromatic nitrogens is 1. The zero-order chi connectivity index (χ0) is 13.7. The lowest BCUT2D eigenvalue weighted by atomic mass is 10.1. The predicted molar refractivity (Wildman–Crippen MR) is 75.1 cm³/mol. The molecule has 1 heterocycles. The number of aliphatic hydroxyl groups excluding tert-OH is 1. The van der Waals surface area contributed by atoms with Crippen molar-refractivity contribution >= 4 is 11.3 Å². The lowest BCUT2D eigenvalue weighted by Gasteiger charge is -2.12. The molecule has 0 saturated heterocycles. The highest BCUT2D eigenvalue weighted by Gasteiger charge is 2.11. The topological polar surface area (TPSA) is 51.6 Å². The molecule has 1 N–H and O–H groups in total. The van der Waals surface area contributed by atoms with Crippen LogP contribution < -0.4 is 9.47 Å². The molecule has 0 aliphatic carbocycles. The number of methoxy groups -OCH3 is 2. The number of rotatable bonds is 6. The van der Waals surface area contributed by atoms with Crippen LogP contribution in [0.2, 0.25) is 0 Å². The second-order valence-electron chi connectivity index (χ2n) is 4.18. The van der Waals surface area contributed by atoms with E-state index < -0.39 is 6.10 Å². The Hall–Kier alpha value is -1.59. The third kappa shape index (κ3) is 3.68. The van der Waals surface area contributed by atoms with E-state index >= 15 is 0 Å². The third-order valence-corrected chi connectivity index (χ3v) is 3.61. The van der Waals surface area contributed by atoms with Gasteiger partial charge in [0.25, 0.3) is 0 Å². The highest BCUT2D eigenvalue weighted by molar-refractivity contribution is 7.09. The summed E-state index contributed by atoms with van der Waals surface area (Å²) in [4.78, 5) is 4.17. The minimum atomic E-state index is -0.441. The molecule has 1 atom stereocenters. The Kier molecular flexibility index (Phi) is 4.76. The van der Waals surface area contributed by atoms with E-state index in [1.54, 1.807) is 31.8 Å². The Labute approximate surface area is 116 Å². The molecule has 0 aliphatic rings. The van der Waals surface area contributed by atoms with Crippen LogP contribution in [0.1, 0.15) is 10.6 Å². The summed E-state index contributed by atoms with van der Waals surface area (Å²) in [6.07, 6.45) is 2.46. The van der Waals surface area contributed by atoms with Gasteiger partial charge in [0.15, 0.2) is 11.5 Å². The maximum absolute atomic E-state index is 10.1. The summed E-state index contributed by atoms with van der Waals surface area (Å²) in [6.45, 7) is 0. The van der Waals surface area contributed by atoms with Gasteiger partial charge in [-0.25, -0.2) is 4.98 Å². The molecule has 102 valence electrons. The van der Waals surface area contributed by atoms with E-state index in [0.717, 1.165) is 10.6 Å². The lowest BCUT2D eigenvalue weighted by Crippen LogP contribution is -2.13. The van der Waals surface area contributed by atoms with Gasteiger partial charge in [-0.1, -0.05) is 6.07 Å². The van der Waals surface area contributed by atoms with E-state index in [4.69, 9.17) is 9.47 Å². The van der Waals surface area contributed by atoms with Gasteiger partial charge in [-0.2, -0.15) is 0 Å². The monoisotopic (exact) mass is 279 g/mol. The molecule has 2 aromatic rings. The Bertz CT molecular complexity index is 513. The number of benzene rings is 1. The van der Waals surface area contributed by atoms with E-state index in [-0.39, 0.29) is 0 Å². The first-order chi connectivity index (χ1) is 9.22. The highest BCUT2D eigenvalue weighted by atomic mass is 32.1. The molecule has 4 nitrogen and oxygen atoms in total. The normalized spacial score (nSPS) is 12.2. The van der Waals surface area contributed by atoms with E-state index in [0.29, 0.717) is 24.3 Å². The summed E-state index contributed by atoms with van der Waals surface area (Å²) in [6, 6.07) is 5.68. The van der Waals surface area contributed by atoms with Crippen molar-refractivity contribution in [3.05, 3.63) is 40.3 Å². The third-order valence-electron chi connectivity index (χ3n) is 2.81. The molecule has 1 aromatic carbocycles. The second-order valence-corrected chi connectivity index (χ2v) is 5.16. The first-order valence-electron chi connectivity index (χ1n) is 6.00. The van der Waals surface area contributed by atoms with Crippen LogP contribution in [0.3, 0.4) is 0 Å². The van der Waals surface area contributed by atoms with Gasteiger partial charge in [0.05, 0.1) is 25.3 Å². The van der Waals surface area contributed by atoms with Crippen molar-refractivity contribution < 1.29 is 14.6 Å². The molecule has 0 spiro atoms. The highest BCUT2D eigenvalue weighted by Crippen LogP contribution is 2.28. The van der Waals surface area contributed by atoms with E-state index in [1.165, 1.54) is 0 Å². The summed E-state index contributed by atoms with van der Waals surface area (Å²) in [5, 5.41) is 12.9. The van der Waals surface area contributed by atoms with E-state index in [9.17, 15) is 5.11 Å². The molecule has 5 heteroatoms. The fraction of sp³-hybridized carbons (Fsp3) is 0.357. The van der Waals surface area contributed by atoms with E-state index in [1.807, 2.05) is 23.6 Å². The van der Waals surface area contributed by atoms with Crippen LogP contribution >= 0.6 is 11.3 Å². The Morgan fingerprint density at radius 1 is 1.21 bits per heavy atom. The van der Waals surface area contributed by atoms with Gasteiger partial charge >= 0.3 is 0 Å². The number of aliphatic hydroxyl groups is 1. The van der Waals surface area contributed by atoms with Crippen molar-refractivity contribution in [3.8, 4) is 11.5 Å². The molecule has 1 unspecified atom stereocenters. The van der Waals surface area contributed by atoms with Crippen LogP contribution in [-0.4, -0.2) is 30.4 Å². The van der Waals surface area contributed by atoms with Gasteiger partial charge in [-0.3, -0.25) is 0 Å². The number of thiazole rings is 1. The average molecular weight is 279 g/mol. The minimum absolute atomic E-state index is 0.441. The van der Waals surface area contributed by atoms with Crippen LogP contribution in [0.5, 0.6) is 11.5 Å². The SMILES string of the molecule is COc1ccc(CC(O)Cc2nccs2)cc1OC. The quantitative estimate of drug-likeness (QED) is 0.881. The van der Waals surface area contributed by atoms with Crippen LogP contribution in [-0.2, 0) is 12.8 Å². The van der Waals surface area contributed by atoms with Crippen molar-refractivity contribution in [2.75, 3.05) is 14.2 Å². The second kappa shape index (κ2) is 6.54. The molecule has 19 heavy (non-hydrogen) atoms. The smallest absolute Gasteiger partial charge is 0.160 e. The average Bonchev–Trinajstić information content (AvgIpc) is 2.91. The number of nitrogens with zero attached hydrogens (tertiary/aromatic N) is 1. The Balaban J connectivity index is 2.02. The summed E-state index contributed by atoms with van der Waals surface area (Å²) < 4.78 is 10.4. The van der Waals surface area contributed by atoms with Crippen LogP contribution in [0, 0.1) is 0 Å². The van der Waals surface area contributed by atoms with Crippen molar-refractivity contribution in [2.24, 2.45) is 0 Å². The zero-order valence-electron chi connectivity index (χ0n) is 11.0. The van der Waals surface area contributed by atoms with Crippen molar-refractivity contribution in [1.29, 1.82) is 0 Å². The molecule has 0 amide bonds. The predicted octanol–water partition coefficient (Wildman–Crippen LogP) is 2.31. The molecular formula is C14H17NO3S. The largest absolute Gasteiger partial charge is 0.493 e. The summed E-state index contributed by atoms with van der Waals surface area (Å²) in [7, 11) is 3.21. The number of hydrogen-bond acceptors (Lipinski definition) is 5. The number of ether oxygens (including phenoxy) is 2. The van der Waals surface area contributed by atoms with Gasteiger partial charge in [-0.05, 0) is 24.1 Å². The van der Waals surface area contributed by atoms with Gasteiger partial charge in [0.2, 0.25) is 0 Å². The lowest BCUT2D eigenvalue weighted by molar-refractivity contribution is 0.175. The van der Waals surface area contributed by atoms with Gasteiger partial charge < -0.3 is 14.6 Å². The fourth-order valence-electron chi connectivity index (χ4n) is 1.91.